The number of non-ortho nitro benzene ring substituents is 1. The molecule has 11 heteroatoms. The van der Waals surface area contributed by atoms with E-state index in [1.165, 1.54) is 71.3 Å². The van der Waals surface area contributed by atoms with E-state index < -0.39 is 22.5 Å². The molecular formula is C23H12F2N4O4S. The van der Waals surface area contributed by atoms with Crippen LogP contribution in [-0.2, 0) is 4.79 Å². The van der Waals surface area contributed by atoms with Gasteiger partial charge in [0.1, 0.15) is 16.5 Å². The van der Waals surface area contributed by atoms with Crippen LogP contribution in [0.25, 0.3) is 11.3 Å². The Balaban J connectivity index is 1.82. The minimum Gasteiger partial charge on any atom is -0.493 e. The molecule has 0 unspecified atom stereocenters. The molecule has 2 heterocycles. The van der Waals surface area contributed by atoms with Crippen LogP contribution < -0.4 is 15.4 Å². The predicted octanol–water partition coefficient (Wildman–Crippen LogP) is 3.02. The fourth-order valence-electron chi connectivity index (χ4n) is 3.49. The first-order valence-corrected chi connectivity index (χ1v) is 10.6. The molecule has 3 aromatic carbocycles. The predicted molar refractivity (Wildman–Crippen MR) is 118 cm³/mol. The number of nitro groups is 1. The highest BCUT2D eigenvalue weighted by atomic mass is 32.1. The number of hydrogen-bond acceptors (Lipinski definition) is 6. The van der Waals surface area contributed by atoms with Crippen LogP contribution in [0.5, 0.6) is 5.88 Å². The lowest BCUT2D eigenvalue weighted by molar-refractivity contribution is -0.385. The molecular weight excluding hydrogens is 466 g/mol. The van der Waals surface area contributed by atoms with Crippen molar-refractivity contribution in [2.45, 2.75) is 0 Å². The van der Waals surface area contributed by atoms with Gasteiger partial charge < -0.3 is 5.11 Å². The molecule has 1 amide bonds. The number of carbonyl (C=O) groups excluding carboxylic acids is 1. The van der Waals surface area contributed by atoms with Crippen molar-refractivity contribution >= 4 is 34.2 Å². The van der Waals surface area contributed by atoms with Crippen LogP contribution in [0.2, 0.25) is 0 Å². The minimum absolute atomic E-state index is 0.0161. The van der Waals surface area contributed by atoms with Crippen LogP contribution in [0.15, 0.2) is 76.7 Å². The van der Waals surface area contributed by atoms with Gasteiger partial charge in [-0.2, -0.15) is 0 Å². The number of halogens is 2. The number of benzene rings is 3. The van der Waals surface area contributed by atoms with E-state index in [2.05, 4.69) is 9.98 Å². The van der Waals surface area contributed by atoms with E-state index in [1.54, 1.807) is 0 Å². The van der Waals surface area contributed by atoms with Crippen LogP contribution in [0.3, 0.4) is 0 Å². The normalized spacial score (nSPS) is 13.2. The average Bonchev–Trinajstić information content (AvgIpc) is 3.30. The summed E-state index contributed by atoms with van der Waals surface area (Å²) in [6, 6.07) is 14.4. The Labute approximate surface area is 192 Å². The van der Waals surface area contributed by atoms with Crippen molar-refractivity contribution in [3.8, 4) is 11.6 Å². The number of rotatable bonds is 4. The van der Waals surface area contributed by atoms with E-state index in [0.29, 0.717) is 11.4 Å². The summed E-state index contributed by atoms with van der Waals surface area (Å²) in [5, 5.41) is 22.8. The lowest BCUT2D eigenvalue weighted by Crippen LogP contribution is -2.23. The Morgan fingerprint density at radius 3 is 2.29 bits per heavy atom. The molecule has 0 bridgehead atoms. The molecule has 0 saturated heterocycles. The van der Waals surface area contributed by atoms with Crippen molar-refractivity contribution in [2.75, 3.05) is 0 Å². The molecule has 0 atom stereocenters. The van der Waals surface area contributed by atoms with Gasteiger partial charge in [0.25, 0.3) is 11.6 Å². The molecule has 1 aromatic heterocycles. The highest BCUT2D eigenvalue weighted by Gasteiger charge is 2.27. The third-order valence-electron chi connectivity index (χ3n) is 5.06. The second-order valence-corrected chi connectivity index (χ2v) is 8.17. The van der Waals surface area contributed by atoms with Crippen LogP contribution in [-0.4, -0.2) is 20.5 Å². The average molecular weight is 478 g/mol. The molecule has 0 aliphatic carbocycles. The lowest BCUT2D eigenvalue weighted by Gasteiger charge is -2.06. The summed E-state index contributed by atoms with van der Waals surface area (Å²) in [6.45, 7) is 0. The van der Waals surface area contributed by atoms with Crippen molar-refractivity contribution in [2.24, 2.45) is 9.98 Å². The zero-order valence-corrected chi connectivity index (χ0v) is 17.8. The SMILES string of the molecule is O=C1N=c2ccc([N+](=O)[O-])cc2=C1c1sc(=Nc2ccc(F)cc2)n(-c2ccc(F)cc2)c1O. The first kappa shape index (κ1) is 21.3. The van der Waals surface area contributed by atoms with Gasteiger partial charge in [0.2, 0.25) is 5.88 Å². The van der Waals surface area contributed by atoms with Crippen LogP contribution in [0.1, 0.15) is 4.88 Å². The molecule has 168 valence electrons. The summed E-state index contributed by atoms with van der Waals surface area (Å²) in [4.78, 5) is 32.1. The summed E-state index contributed by atoms with van der Waals surface area (Å²) in [6.07, 6.45) is 0. The van der Waals surface area contributed by atoms with Crippen molar-refractivity contribution < 1.29 is 23.6 Å². The maximum Gasteiger partial charge on any atom is 0.279 e. The second-order valence-electron chi connectivity index (χ2n) is 7.19. The summed E-state index contributed by atoms with van der Waals surface area (Å²) >= 11 is 0.934. The van der Waals surface area contributed by atoms with Gasteiger partial charge in [-0.3, -0.25) is 19.5 Å². The third kappa shape index (κ3) is 3.67. The topological polar surface area (TPSA) is 110 Å². The molecule has 1 N–H and O–H groups in total. The number of fused-ring (bicyclic) bond motifs is 1. The highest BCUT2D eigenvalue weighted by Crippen LogP contribution is 2.31. The lowest BCUT2D eigenvalue weighted by atomic mass is 10.1. The highest BCUT2D eigenvalue weighted by molar-refractivity contribution is 7.11. The number of nitro benzene ring substituents is 1. The largest absolute Gasteiger partial charge is 0.493 e. The van der Waals surface area contributed by atoms with Gasteiger partial charge >= 0.3 is 0 Å². The quantitative estimate of drug-likeness (QED) is 0.359. The molecule has 34 heavy (non-hydrogen) atoms. The molecule has 0 radical (unpaired) electrons. The maximum atomic E-state index is 13.5. The van der Waals surface area contributed by atoms with Gasteiger partial charge in [0, 0.05) is 17.4 Å². The van der Waals surface area contributed by atoms with Gasteiger partial charge in [-0.15, -0.1) is 0 Å². The van der Waals surface area contributed by atoms with Gasteiger partial charge in [0.05, 0.1) is 27.2 Å². The monoisotopic (exact) mass is 478 g/mol. The summed E-state index contributed by atoms with van der Waals surface area (Å²) < 4.78 is 28.2. The van der Waals surface area contributed by atoms with Gasteiger partial charge in [-0.05, 0) is 54.6 Å². The van der Waals surface area contributed by atoms with E-state index in [9.17, 15) is 28.8 Å². The Kier molecular flexibility index (Phi) is 5.10. The van der Waals surface area contributed by atoms with Crippen LogP contribution in [0, 0.1) is 21.7 Å². The Morgan fingerprint density at radius 1 is 1.00 bits per heavy atom. The number of aromatic hydroxyl groups is 1. The molecule has 4 aromatic rings. The second kappa shape index (κ2) is 8.12. The zero-order valence-electron chi connectivity index (χ0n) is 17.0. The van der Waals surface area contributed by atoms with E-state index >= 15 is 0 Å². The number of nitrogens with zero attached hydrogens (tertiary/aromatic N) is 4. The first-order valence-electron chi connectivity index (χ1n) is 9.75. The fourth-order valence-corrected chi connectivity index (χ4v) is 4.59. The van der Waals surface area contributed by atoms with E-state index in [0.717, 1.165) is 11.3 Å². The summed E-state index contributed by atoms with van der Waals surface area (Å²) in [7, 11) is 0. The van der Waals surface area contributed by atoms with Crippen molar-refractivity contribution in [1.82, 2.24) is 4.57 Å². The van der Waals surface area contributed by atoms with E-state index in [4.69, 9.17) is 0 Å². The van der Waals surface area contributed by atoms with Crippen molar-refractivity contribution in [3.05, 3.63) is 109 Å². The molecule has 1 aliphatic heterocycles. The number of aromatic nitrogens is 1. The van der Waals surface area contributed by atoms with Gasteiger partial charge in [0.15, 0.2) is 4.80 Å². The van der Waals surface area contributed by atoms with E-state index in [1.807, 2.05) is 0 Å². The third-order valence-corrected chi connectivity index (χ3v) is 6.11. The fraction of sp³-hybridized carbons (Fsp3) is 0. The smallest absolute Gasteiger partial charge is 0.279 e. The number of amides is 1. The van der Waals surface area contributed by atoms with E-state index in [-0.39, 0.29) is 37.4 Å². The molecule has 5 rings (SSSR count). The molecule has 0 fully saturated rings. The van der Waals surface area contributed by atoms with Crippen molar-refractivity contribution in [1.29, 1.82) is 0 Å². The number of thiazole rings is 1. The first-order chi connectivity index (χ1) is 16.3. The minimum atomic E-state index is -0.674. The Bertz CT molecular complexity index is 1670. The number of carbonyl (C=O) groups is 1. The van der Waals surface area contributed by atoms with Crippen molar-refractivity contribution in [3.63, 3.8) is 0 Å². The Morgan fingerprint density at radius 2 is 1.65 bits per heavy atom. The summed E-state index contributed by atoms with van der Waals surface area (Å²) in [5.41, 5.74) is 0.468. The zero-order chi connectivity index (χ0) is 24.0. The van der Waals surface area contributed by atoms with Gasteiger partial charge in [-0.1, -0.05) is 11.3 Å². The molecule has 0 spiro atoms. The maximum absolute atomic E-state index is 13.5. The van der Waals surface area contributed by atoms with Crippen LogP contribution in [0.4, 0.5) is 20.2 Å². The Hall–Kier alpha value is -4.51. The summed E-state index contributed by atoms with van der Waals surface area (Å²) in [5.74, 6) is -1.99. The molecule has 1 aliphatic rings. The molecule has 0 saturated carbocycles. The van der Waals surface area contributed by atoms with Crippen LogP contribution >= 0.6 is 11.3 Å². The van der Waals surface area contributed by atoms with Gasteiger partial charge in [-0.25, -0.2) is 18.8 Å². The number of hydrogen-bond donors (Lipinski definition) is 1. The molecule has 8 nitrogen and oxygen atoms in total. The standard InChI is InChI=1S/C23H12F2N4O4S/c24-12-1-5-14(6-2-12)26-23-28(15-7-3-13(25)4-8-15)22(31)20(34-23)19-17-11-16(29(32)33)9-10-18(17)27-21(19)30/h1-11,31H.